The minimum absolute atomic E-state index is 0.00715. The number of carbonyl (C=O) groups excluding carboxylic acids is 2. The molecular weight excluding hydrogens is 302 g/mol. The van der Waals surface area contributed by atoms with Crippen molar-refractivity contribution in [2.24, 2.45) is 7.05 Å². The van der Waals surface area contributed by atoms with Crippen LogP contribution in [0.5, 0.6) is 0 Å². The molecule has 0 bridgehead atoms. The van der Waals surface area contributed by atoms with Gasteiger partial charge in [0.1, 0.15) is 0 Å². The molecule has 0 aliphatic heterocycles. The molecule has 5 nitrogen and oxygen atoms in total. The Labute approximate surface area is 143 Å². The Morgan fingerprint density at radius 2 is 1.88 bits per heavy atom. The average Bonchev–Trinajstić information content (AvgIpc) is 3.01. The standard InChI is InChI=1S/C19H25N3O2/c1-3-4-5-15-6-8-16(9-7-15)18(23)10-11-19(24)20-14-17-12-13-21-22(17)2/h6-9,12-13H,3-5,10-11,14H2,1-2H3,(H,20,24). The number of Topliss-reactive ketones (excluding diaryl/α,β-unsaturated/α-hetero) is 1. The molecule has 1 heterocycles. The molecule has 0 fully saturated rings. The lowest BCUT2D eigenvalue weighted by molar-refractivity contribution is -0.121. The minimum atomic E-state index is -0.121. The van der Waals surface area contributed by atoms with Gasteiger partial charge in [0.25, 0.3) is 0 Å². The van der Waals surface area contributed by atoms with Gasteiger partial charge in [0.05, 0.1) is 12.2 Å². The molecule has 0 aliphatic carbocycles. The fraction of sp³-hybridized carbons (Fsp3) is 0.421. The lowest BCUT2D eigenvalue weighted by Crippen LogP contribution is -2.24. The van der Waals surface area contributed by atoms with Crippen molar-refractivity contribution in [1.29, 1.82) is 0 Å². The molecule has 1 aromatic heterocycles. The van der Waals surface area contributed by atoms with Crippen LogP contribution in [0, 0.1) is 0 Å². The Balaban J connectivity index is 1.75. The smallest absolute Gasteiger partial charge is 0.220 e. The van der Waals surface area contributed by atoms with E-state index in [4.69, 9.17) is 0 Å². The molecular formula is C19H25N3O2. The van der Waals surface area contributed by atoms with Crippen LogP contribution in [0.4, 0.5) is 0 Å². The van der Waals surface area contributed by atoms with Crippen molar-refractivity contribution in [3.05, 3.63) is 53.3 Å². The molecule has 0 radical (unpaired) electrons. The highest BCUT2D eigenvalue weighted by atomic mass is 16.2. The van der Waals surface area contributed by atoms with E-state index in [2.05, 4.69) is 17.3 Å². The molecule has 1 amide bonds. The Morgan fingerprint density at radius 1 is 1.12 bits per heavy atom. The molecule has 0 spiro atoms. The SMILES string of the molecule is CCCCc1ccc(C(=O)CCC(=O)NCc2ccnn2C)cc1. The summed E-state index contributed by atoms with van der Waals surface area (Å²) < 4.78 is 1.71. The van der Waals surface area contributed by atoms with Gasteiger partial charge in [0.2, 0.25) is 5.91 Å². The first-order valence-corrected chi connectivity index (χ1v) is 8.46. The van der Waals surface area contributed by atoms with Crippen molar-refractivity contribution in [3.8, 4) is 0 Å². The molecule has 0 saturated carbocycles. The van der Waals surface area contributed by atoms with Gasteiger partial charge < -0.3 is 5.32 Å². The van der Waals surface area contributed by atoms with Crippen molar-refractivity contribution in [3.63, 3.8) is 0 Å². The maximum Gasteiger partial charge on any atom is 0.220 e. The van der Waals surface area contributed by atoms with Crippen LogP contribution in [0.1, 0.15) is 54.2 Å². The highest BCUT2D eigenvalue weighted by molar-refractivity contribution is 5.97. The number of benzene rings is 1. The second-order valence-corrected chi connectivity index (χ2v) is 5.95. The molecule has 1 aromatic carbocycles. The van der Waals surface area contributed by atoms with E-state index in [0.29, 0.717) is 12.1 Å². The zero-order chi connectivity index (χ0) is 17.4. The molecule has 1 N–H and O–H groups in total. The largest absolute Gasteiger partial charge is 0.350 e. The maximum atomic E-state index is 12.2. The first kappa shape index (κ1) is 17.9. The van der Waals surface area contributed by atoms with E-state index in [-0.39, 0.29) is 24.5 Å². The molecule has 128 valence electrons. The van der Waals surface area contributed by atoms with Gasteiger partial charge in [-0.05, 0) is 24.5 Å². The fourth-order valence-electron chi connectivity index (χ4n) is 2.46. The monoisotopic (exact) mass is 327 g/mol. The number of ketones is 1. The molecule has 2 aromatic rings. The van der Waals surface area contributed by atoms with Crippen molar-refractivity contribution in [1.82, 2.24) is 15.1 Å². The second kappa shape index (κ2) is 9.01. The fourth-order valence-corrected chi connectivity index (χ4v) is 2.46. The normalized spacial score (nSPS) is 10.6. The van der Waals surface area contributed by atoms with E-state index in [0.717, 1.165) is 25.0 Å². The zero-order valence-corrected chi connectivity index (χ0v) is 14.4. The summed E-state index contributed by atoms with van der Waals surface area (Å²) in [6.07, 6.45) is 5.48. The minimum Gasteiger partial charge on any atom is -0.350 e. The number of carbonyl (C=O) groups is 2. The van der Waals surface area contributed by atoms with E-state index >= 15 is 0 Å². The highest BCUT2D eigenvalue weighted by Gasteiger charge is 2.10. The van der Waals surface area contributed by atoms with Crippen LogP contribution in [0.15, 0.2) is 36.5 Å². The lowest BCUT2D eigenvalue weighted by Gasteiger charge is -2.06. The van der Waals surface area contributed by atoms with E-state index in [1.807, 2.05) is 37.4 Å². The summed E-state index contributed by atoms with van der Waals surface area (Å²) in [6.45, 7) is 2.59. The predicted octanol–water partition coefficient (Wildman–Crippen LogP) is 3.04. The summed E-state index contributed by atoms with van der Waals surface area (Å²) in [5.41, 5.74) is 2.86. The number of rotatable bonds is 9. The van der Waals surface area contributed by atoms with Gasteiger partial charge in [0, 0.05) is 31.6 Å². The van der Waals surface area contributed by atoms with Crippen molar-refractivity contribution >= 4 is 11.7 Å². The van der Waals surface area contributed by atoms with Gasteiger partial charge in [-0.25, -0.2) is 0 Å². The van der Waals surface area contributed by atoms with Crippen molar-refractivity contribution in [2.75, 3.05) is 0 Å². The van der Waals surface area contributed by atoms with Crippen LogP contribution in [-0.2, 0) is 24.8 Å². The van der Waals surface area contributed by atoms with Crippen LogP contribution in [0.25, 0.3) is 0 Å². The number of nitrogens with zero attached hydrogens (tertiary/aromatic N) is 2. The van der Waals surface area contributed by atoms with Crippen LogP contribution in [-0.4, -0.2) is 21.5 Å². The number of hydrogen-bond donors (Lipinski definition) is 1. The van der Waals surface area contributed by atoms with Gasteiger partial charge in [-0.2, -0.15) is 5.10 Å². The summed E-state index contributed by atoms with van der Waals surface area (Å²) in [5, 5.41) is 6.86. The third-order valence-corrected chi connectivity index (χ3v) is 4.06. The van der Waals surface area contributed by atoms with Gasteiger partial charge in [-0.3, -0.25) is 14.3 Å². The number of amides is 1. The average molecular weight is 327 g/mol. The number of aromatic nitrogens is 2. The molecule has 5 heteroatoms. The summed E-state index contributed by atoms with van der Waals surface area (Å²) in [4.78, 5) is 24.0. The van der Waals surface area contributed by atoms with Gasteiger partial charge in [0.15, 0.2) is 5.78 Å². The molecule has 0 saturated heterocycles. The van der Waals surface area contributed by atoms with Crippen molar-refractivity contribution < 1.29 is 9.59 Å². The first-order valence-electron chi connectivity index (χ1n) is 8.46. The Kier molecular flexibility index (Phi) is 6.73. The quantitative estimate of drug-likeness (QED) is 0.720. The van der Waals surface area contributed by atoms with E-state index < -0.39 is 0 Å². The number of nitrogens with one attached hydrogen (secondary N) is 1. The molecule has 24 heavy (non-hydrogen) atoms. The summed E-state index contributed by atoms with van der Waals surface area (Å²) >= 11 is 0. The number of hydrogen-bond acceptors (Lipinski definition) is 3. The summed E-state index contributed by atoms with van der Waals surface area (Å²) in [5.74, 6) is -0.114. The molecule has 0 atom stereocenters. The van der Waals surface area contributed by atoms with Crippen LogP contribution in [0.3, 0.4) is 0 Å². The van der Waals surface area contributed by atoms with Crippen LogP contribution in [0.2, 0.25) is 0 Å². The Hall–Kier alpha value is -2.43. The van der Waals surface area contributed by atoms with Crippen LogP contribution >= 0.6 is 0 Å². The summed E-state index contributed by atoms with van der Waals surface area (Å²) in [7, 11) is 1.83. The number of unbranched alkanes of at least 4 members (excludes halogenated alkanes) is 1. The topological polar surface area (TPSA) is 64.0 Å². The van der Waals surface area contributed by atoms with Gasteiger partial charge >= 0.3 is 0 Å². The Morgan fingerprint density at radius 3 is 2.50 bits per heavy atom. The highest BCUT2D eigenvalue weighted by Crippen LogP contribution is 2.10. The van der Waals surface area contributed by atoms with E-state index in [1.54, 1.807) is 10.9 Å². The van der Waals surface area contributed by atoms with Gasteiger partial charge in [-0.15, -0.1) is 0 Å². The predicted molar refractivity (Wildman–Crippen MR) is 93.7 cm³/mol. The van der Waals surface area contributed by atoms with E-state index in [9.17, 15) is 9.59 Å². The molecule has 2 rings (SSSR count). The third-order valence-electron chi connectivity index (χ3n) is 4.06. The number of aryl methyl sites for hydroxylation is 2. The maximum absolute atomic E-state index is 12.2. The summed E-state index contributed by atoms with van der Waals surface area (Å²) in [6, 6.07) is 9.59. The van der Waals surface area contributed by atoms with Crippen LogP contribution < -0.4 is 5.32 Å². The second-order valence-electron chi connectivity index (χ2n) is 5.95. The van der Waals surface area contributed by atoms with Crippen molar-refractivity contribution in [2.45, 2.75) is 45.6 Å². The first-order chi connectivity index (χ1) is 11.6. The lowest BCUT2D eigenvalue weighted by atomic mass is 10.0. The molecule has 0 unspecified atom stereocenters. The van der Waals surface area contributed by atoms with Gasteiger partial charge in [-0.1, -0.05) is 37.6 Å². The Bertz CT molecular complexity index is 674. The molecule has 0 aliphatic rings. The third kappa shape index (κ3) is 5.33. The van der Waals surface area contributed by atoms with E-state index in [1.165, 1.54) is 5.56 Å². The zero-order valence-electron chi connectivity index (χ0n) is 14.4.